The highest BCUT2D eigenvalue weighted by atomic mass is 19.1. The molecule has 2 N–H and O–H groups in total. The van der Waals surface area contributed by atoms with Crippen molar-refractivity contribution >= 4 is 11.6 Å². The van der Waals surface area contributed by atoms with Gasteiger partial charge in [-0.3, -0.25) is 14.9 Å². The lowest BCUT2D eigenvalue weighted by molar-refractivity contribution is -0.385. The van der Waals surface area contributed by atoms with E-state index >= 15 is 0 Å². The van der Waals surface area contributed by atoms with Crippen LogP contribution < -0.4 is 5.32 Å². The first kappa shape index (κ1) is 16.0. The summed E-state index contributed by atoms with van der Waals surface area (Å²) in [7, 11) is 0. The first-order valence-corrected chi connectivity index (χ1v) is 6.26. The fourth-order valence-electron chi connectivity index (χ4n) is 1.81. The van der Waals surface area contributed by atoms with Gasteiger partial charge in [0, 0.05) is 11.6 Å². The van der Waals surface area contributed by atoms with E-state index in [1.54, 1.807) is 13.8 Å². The second-order valence-electron chi connectivity index (χ2n) is 4.55. The minimum absolute atomic E-state index is 0.142. The fourth-order valence-corrected chi connectivity index (χ4v) is 1.81. The van der Waals surface area contributed by atoms with Crippen molar-refractivity contribution < 1.29 is 19.2 Å². The topological polar surface area (TPSA) is 92.5 Å². The van der Waals surface area contributed by atoms with Gasteiger partial charge in [-0.05, 0) is 18.9 Å². The van der Waals surface area contributed by atoms with Crippen molar-refractivity contribution in [2.45, 2.75) is 32.2 Å². The molecule has 1 amide bonds. The molecule has 0 atom stereocenters. The molecule has 0 bridgehead atoms. The summed E-state index contributed by atoms with van der Waals surface area (Å²) in [5, 5.41) is 22.6. The zero-order chi connectivity index (χ0) is 15.3. The number of carbonyl (C=O) groups excluding carboxylic acids is 1. The molecule has 1 aromatic carbocycles. The molecular formula is C13H17FN2O4. The molecule has 1 aromatic rings. The first-order chi connectivity index (χ1) is 9.37. The van der Waals surface area contributed by atoms with Gasteiger partial charge in [0.2, 0.25) is 0 Å². The lowest BCUT2D eigenvalue weighted by Crippen LogP contribution is -2.50. The molecule has 0 aliphatic rings. The lowest BCUT2D eigenvalue weighted by atomic mass is 9.93. The third kappa shape index (κ3) is 3.51. The molecule has 0 radical (unpaired) electrons. The summed E-state index contributed by atoms with van der Waals surface area (Å²) in [6.07, 6.45) is 0.978. The summed E-state index contributed by atoms with van der Waals surface area (Å²) in [6, 6.07) is 2.68. The van der Waals surface area contributed by atoms with Crippen molar-refractivity contribution in [3.63, 3.8) is 0 Å². The zero-order valence-electron chi connectivity index (χ0n) is 11.4. The van der Waals surface area contributed by atoms with Gasteiger partial charge in [-0.15, -0.1) is 0 Å². The quantitative estimate of drug-likeness (QED) is 0.617. The summed E-state index contributed by atoms with van der Waals surface area (Å²) in [5.74, 6) is -1.50. The van der Waals surface area contributed by atoms with Crippen molar-refractivity contribution in [3.05, 3.63) is 39.7 Å². The number of aliphatic hydroxyl groups excluding tert-OH is 1. The standard InChI is InChI=1S/C13H17FN2O4/c1-3-13(4-2,8-17)15-12(18)9-5-10(14)7-11(6-9)16(19)20/h5-7,17H,3-4,8H2,1-2H3,(H,15,18). The van der Waals surface area contributed by atoms with E-state index in [1.807, 2.05) is 0 Å². The van der Waals surface area contributed by atoms with Crippen molar-refractivity contribution in [3.8, 4) is 0 Å². The lowest BCUT2D eigenvalue weighted by Gasteiger charge is -2.30. The SMILES string of the molecule is CCC(CC)(CO)NC(=O)c1cc(F)cc([N+](=O)[O-])c1. The minimum Gasteiger partial charge on any atom is -0.394 e. The van der Waals surface area contributed by atoms with Crippen LogP contribution in [0, 0.1) is 15.9 Å². The van der Waals surface area contributed by atoms with E-state index < -0.39 is 27.9 Å². The molecule has 0 heterocycles. The summed E-state index contributed by atoms with van der Waals surface area (Å²) in [6.45, 7) is 3.34. The smallest absolute Gasteiger partial charge is 0.273 e. The normalized spacial score (nSPS) is 11.2. The van der Waals surface area contributed by atoms with Gasteiger partial charge in [0.1, 0.15) is 5.82 Å². The van der Waals surface area contributed by atoms with E-state index in [1.165, 1.54) is 0 Å². The maximum atomic E-state index is 13.3. The number of aliphatic hydroxyl groups is 1. The molecule has 1 rings (SSSR count). The Bertz CT molecular complexity index is 507. The van der Waals surface area contributed by atoms with E-state index in [9.17, 15) is 24.4 Å². The Morgan fingerprint density at radius 3 is 2.45 bits per heavy atom. The Morgan fingerprint density at radius 1 is 1.40 bits per heavy atom. The Morgan fingerprint density at radius 2 is 2.00 bits per heavy atom. The van der Waals surface area contributed by atoms with Crippen molar-refractivity contribution in [2.24, 2.45) is 0 Å². The van der Waals surface area contributed by atoms with E-state index in [0.717, 1.165) is 18.2 Å². The van der Waals surface area contributed by atoms with Gasteiger partial charge in [-0.1, -0.05) is 13.8 Å². The number of hydrogen-bond acceptors (Lipinski definition) is 4. The van der Waals surface area contributed by atoms with Gasteiger partial charge >= 0.3 is 0 Å². The summed E-state index contributed by atoms with van der Waals surface area (Å²) in [5.41, 5.74) is -1.44. The van der Waals surface area contributed by atoms with Gasteiger partial charge in [0.15, 0.2) is 0 Å². The molecule has 0 aliphatic carbocycles. The Labute approximate surface area is 115 Å². The number of non-ortho nitro benzene ring substituents is 1. The third-order valence-electron chi connectivity index (χ3n) is 3.39. The van der Waals surface area contributed by atoms with Gasteiger partial charge in [0.05, 0.1) is 23.1 Å². The number of nitro groups is 1. The number of carbonyl (C=O) groups is 1. The number of nitrogens with one attached hydrogen (secondary N) is 1. The van der Waals surface area contributed by atoms with Crippen LogP contribution in [0.25, 0.3) is 0 Å². The molecule has 0 saturated heterocycles. The number of benzene rings is 1. The van der Waals surface area contributed by atoms with Crippen LogP contribution in [0.4, 0.5) is 10.1 Å². The molecule has 6 nitrogen and oxygen atoms in total. The highest BCUT2D eigenvalue weighted by Crippen LogP contribution is 2.19. The summed E-state index contributed by atoms with van der Waals surface area (Å²) in [4.78, 5) is 21.9. The van der Waals surface area contributed by atoms with Crippen LogP contribution >= 0.6 is 0 Å². The number of nitro benzene ring substituents is 1. The molecule has 7 heteroatoms. The summed E-state index contributed by atoms with van der Waals surface area (Å²) < 4.78 is 13.3. The predicted octanol–water partition coefficient (Wildman–Crippen LogP) is 2.01. The maximum absolute atomic E-state index is 13.3. The molecule has 0 aromatic heterocycles. The molecular weight excluding hydrogens is 267 g/mol. The van der Waals surface area contributed by atoms with Crippen LogP contribution in [0.5, 0.6) is 0 Å². The van der Waals surface area contributed by atoms with Crippen molar-refractivity contribution in [1.29, 1.82) is 0 Å². The fraction of sp³-hybridized carbons (Fsp3) is 0.462. The van der Waals surface area contributed by atoms with E-state index in [4.69, 9.17) is 0 Å². The van der Waals surface area contributed by atoms with Gasteiger partial charge in [-0.2, -0.15) is 0 Å². The number of nitrogens with zero attached hydrogens (tertiary/aromatic N) is 1. The average molecular weight is 284 g/mol. The molecule has 20 heavy (non-hydrogen) atoms. The second-order valence-corrected chi connectivity index (χ2v) is 4.55. The van der Waals surface area contributed by atoms with Crippen LogP contribution in [0.3, 0.4) is 0 Å². The van der Waals surface area contributed by atoms with E-state index in [2.05, 4.69) is 5.32 Å². The Balaban J connectivity index is 3.06. The molecule has 0 unspecified atom stereocenters. The third-order valence-corrected chi connectivity index (χ3v) is 3.39. The highest BCUT2D eigenvalue weighted by molar-refractivity contribution is 5.95. The molecule has 0 saturated carbocycles. The molecule has 110 valence electrons. The number of amides is 1. The average Bonchev–Trinajstić information content (AvgIpc) is 2.44. The second kappa shape index (κ2) is 6.42. The number of hydrogen-bond donors (Lipinski definition) is 2. The maximum Gasteiger partial charge on any atom is 0.273 e. The van der Waals surface area contributed by atoms with Gasteiger partial charge in [-0.25, -0.2) is 4.39 Å². The predicted molar refractivity (Wildman–Crippen MR) is 70.9 cm³/mol. The van der Waals surface area contributed by atoms with Crippen LogP contribution in [-0.4, -0.2) is 28.1 Å². The molecule has 0 aliphatic heterocycles. The van der Waals surface area contributed by atoms with Crippen LogP contribution in [0.1, 0.15) is 37.0 Å². The largest absolute Gasteiger partial charge is 0.394 e. The summed E-state index contributed by atoms with van der Waals surface area (Å²) >= 11 is 0. The van der Waals surface area contributed by atoms with E-state index in [0.29, 0.717) is 12.8 Å². The van der Waals surface area contributed by atoms with Crippen molar-refractivity contribution in [1.82, 2.24) is 5.32 Å². The van der Waals surface area contributed by atoms with Crippen LogP contribution in [0.15, 0.2) is 18.2 Å². The first-order valence-electron chi connectivity index (χ1n) is 6.26. The highest BCUT2D eigenvalue weighted by Gasteiger charge is 2.28. The van der Waals surface area contributed by atoms with Crippen molar-refractivity contribution in [2.75, 3.05) is 6.61 Å². The monoisotopic (exact) mass is 284 g/mol. The van der Waals surface area contributed by atoms with E-state index in [-0.39, 0.29) is 12.2 Å². The van der Waals surface area contributed by atoms with Gasteiger partial charge < -0.3 is 10.4 Å². The van der Waals surface area contributed by atoms with Crippen LogP contribution in [0.2, 0.25) is 0 Å². The molecule has 0 fully saturated rings. The molecule has 0 spiro atoms. The Kier molecular flexibility index (Phi) is 5.15. The zero-order valence-corrected chi connectivity index (χ0v) is 11.4. The minimum atomic E-state index is -0.855. The Hall–Kier alpha value is -2.02. The number of rotatable bonds is 6. The van der Waals surface area contributed by atoms with Gasteiger partial charge in [0.25, 0.3) is 11.6 Å². The van der Waals surface area contributed by atoms with Crippen LogP contribution in [-0.2, 0) is 0 Å². The number of halogens is 1.